The summed E-state index contributed by atoms with van der Waals surface area (Å²) in [6.45, 7) is 3.79. The highest BCUT2D eigenvalue weighted by molar-refractivity contribution is 6.37. The lowest BCUT2D eigenvalue weighted by Gasteiger charge is -2.14. The van der Waals surface area contributed by atoms with E-state index in [1.54, 1.807) is 28.9 Å². The zero-order valence-corrected chi connectivity index (χ0v) is 17.0. The highest BCUT2D eigenvalue weighted by Crippen LogP contribution is 2.34. The Hall–Kier alpha value is -4.13. The minimum absolute atomic E-state index is 0.0822. The molecule has 0 atom stereocenters. The van der Waals surface area contributed by atoms with Crippen molar-refractivity contribution in [3.05, 3.63) is 88.7 Å². The van der Waals surface area contributed by atoms with Crippen molar-refractivity contribution < 1.29 is 14.4 Å². The van der Waals surface area contributed by atoms with Gasteiger partial charge in [-0.3, -0.25) is 14.4 Å². The molecule has 0 radical (unpaired) electrons. The van der Waals surface area contributed by atoms with Crippen LogP contribution in [0.4, 0.5) is 5.69 Å². The molecule has 4 aromatic rings. The number of carbonyl (C=O) groups excluding carboxylic acids is 3. The third kappa shape index (κ3) is 2.93. The average Bonchev–Trinajstić information content (AvgIpc) is 3.22. The molecule has 0 saturated carbocycles. The van der Waals surface area contributed by atoms with Crippen molar-refractivity contribution in [1.29, 1.82) is 0 Å². The van der Waals surface area contributed by atoms with Gasteiger partial charge in [-0.1, -0.05) is 30.3 Å². The number of ketones is 1. The summed E-state index contributed by atoms with van der Waals surface area (Å²) >= 11 is 0. The van der Waals surface area contributed by atoms with Gasteiger partial charge in [-0.15, -0.1) is 0 Å². The van der Waals surface area contributed by atoms with Crippen LogP contribution >= 0.6 is 0 Å². The molecule has 0 fully saturated rings. The molecule has 0 aliphatic carbocycles. The van der Waals surface area contributed by atoms with E-state index < -0.39 is 11.8 Å². The minimum atomic E-state index is -0.430. The third-order valence-electron chi connectivity index (χ3n) is 5.49. The summed E-state index contributed by atoms with van der Waals surface area (Å²) in [5.41, 5.74) is 3.78. The van der Waals surface area contributed by atoms with E-state index in [0.29, 0.717) is 40.1 Å². The monoisotopic (exact) mass is 410 g/mol. The summed E-state index contributed by atoms with van der Waals surface area (Å²) < 4.78 is 1.75. The Morgan fingerprint density at radius 2 is 1.68 bits per heavy atom. The van der Waals surface area contributed by atoms with Crippen LogP contribution in [-0.2, 0) is 6.54 Å². The normalized spacial score (nSPS) is 13.2. The first-order chi connectivity index (χ1) is 15.0. The van der Waals surface area contributed by atoms with Crippen LogP contribution in [0.1, 0.15) is 49.3 Å². The van der Waals surface area contributed by atoms with Crippen LogP contribution in [0.5, 0.6) is 0 Å². The Balaban J connectivity index is 1.59. The highest BCUT2D eigenvalue weighted by atomic mass is 16.2. The number of carbonyl (C=O) groups is 3. The van der Waals surface area contributed by atoms with Gasteiger partial charge in [0.15, 0.2) is 11.4 Å². The quantitative estimate of drug-likeness (QED) is 0.377. The van der Waals surface area contributed by atoms with Gasteiger partial charge >= 0.3 is 0 Å². The topological polar surface area (TPSA) is 85.2 Å². The third-order valence-corrected chi connectivity index (χ3v) is 5.49. The first kappa shape index (κ1) is 18.9. The molecule has 0 saturated heterocycles. The number of anilines is 1. The van der Waals surface area contributed by atoms with Crippen LogP contribution in [0.3, 0.4) is 0 Å². The number of pyridine rings is 1. The first-order valence-corrected chi connectivity index (χ1v) is 9.85. The number of hydrogen-bond acceptors (Lipinski definition) is 5. The van der Waals surface area contributed by atoms with Crippen molar-refractivity contribution in [3.63, 3.8) is 0 Å². The van der Waals surface area contributed by atoms with Crippen molar-refractivity contribution in [3.8, 4) is 0 Å². The second-order valence-electron chi connectivity index (χ2n) is 7.52. The summed E-state index contributed by atoms with van der Waals surface area (Å²) in [6, 6.07) is 16.3. The molecule has 1 aliphatic rings. The van der Waals surface area contributed by atoms with E-state index >= 15 is 0 Å². The number of amides is 2. The summed E-state index contributed by atoms with van der Waals surface area (Å²) in [7, 11) is 0. The first-order valence-electron chi connectivity index (χ1n) is 9.85. The molecule has 0 unspecified atom stereocenters. The Morgan fingerprint density at radius 3 is 2.35 bits per heavy atom. The Labute approximate surface area is 177 Å². The maximum atomic E-state index is 13.3. The van der Waals surface area contributed by atoms with Crippen molar-refractivity contribution in [2.24, 2.45) is 0 Å². The van der Waals surface area contributed by atoms with Gasteiger partial charge in [0.05, 0.1) is 34.4 Å². The molecule has 2 aromatic heterocycles. The van der Waals surface area contributed by atoms with Gasteiger partial charge in [0, 0.05) is 11.8 Å². The van der Waals surface area contributed by atoms with Crippen LogP contribution in [0.2, 0.25) is 0 Å². The lowest BCUT2D eigenvalue weighted by Crippen LogP contribution is -2.29. The predicted molar refractivity (Wildman–Crippen MR) is 115 cm³/mol. The second kappa shape index (κ2) is 6.98. The van der Waals surface area contributed by atoms with Crippen LogP contribution < -0.4 is 4.90 Å². The number of nitrogens with zero attached hydrogens (tertiary/aromatic N) is 4. The Morgan fingerprint density at radius 1 is 0.968 bits per heavy atom. The van der Waals surface area contributed by atoms with Crippen LogP contribution in [-0.4, -0.2) is 32.4 Å². The zero-order chi connectivity index (χ0) is 21.7. The van der Waals surface area contributed by atoms with Gasteiger partial charge in [0.2, 0.25) is 0 Å². The molecule has 0 bridgehead atoms. The van der Waals surface area contributed by atoms with E-state index in [9.17, 15) is 14.4 Å². The van der Waals surface area contributed by atoms with Crippen molar-refractivity contribution >= 4 is 34.3 Å². The fourth-order valence-corrected chi connectivity index (χ4v) is 3.97. The van der Waals surface area contributed by atoms with E-state index in [4.69, 9.17) is 0 Å². The zero-order valence-electron chi connectivity index (χ0n) is 17.0. The second-order valence-corrected chi connectivity index (χ2v) is 7.52. The highest BCUT2D eigenvalue weighted by Gasteiger charge is 2.39. The molecular formula is C24H18N4O3. The van der Waals surface area contributed by atoms with Gasteiger partial charge in [0.25, 0.3) is 11.8 Å². The number of aryl methyl sites for hydroxylation is 1. The van der Waals surface area contributed by atoms with Crippen molar-refractivity contribution in [2.75, 3.05) is 4.90 Å². The SMILES string of the molecule is CC(=O)c1ccc(N2C(=O)c3cnc4c(c(C)nn4Cc4ccccc4)c3C2=O)cc1. The molecule has 152 valence electrons. The van der Waals surface area contributed by atoms with E-state index in [0.717, 1.165) is 10.5 Å². The molecular weight excluding hydrogens is 392 g/mol. The van der Waals surface area contributed by atoms with Crippen LogP contribution in [0, 0.1) is 6.92 Å². The van der Waals surface area contributed by atoms with E-state index in [2.05, 4.69) is 10.1 Å². The van der Waals surface area contributed by atoms with Gasteiger partial charge in [0.1, 0.15) is 0 Å². The summed E-state index contributed by atoms with van der Waals surface area (Å²) in [6.07, 6.45) is 1.45. The van der Waals surface area contributed by atoms with Gasteiger partial charge in [-0.25, -0.2) is 14.6 Å². The number of aromatic nitrogens is 3. The lowest BCUT2D eigenvalue weighted by molar-refractivity contribution is 0.0925. The molecule has 7 heteroatoms. The summed E-state index contributed by atoms with van der Waals surface area (Å²) in [4.78, 5) is 43.5. The number of imide groups is 1. The van der Waals surface area contributed by atoms with Crippen LogP contribution in [0.15, 0.2) is 60.8 Å². The molecule has 31 heavy (non-hydrogen) atoms. The number of Topliss-reactive ketones (excluding diaryl/α,β-unsaturated/α-hetero) is 1. The van der Waals surface area contributed by atoms with E-state index in [1.165, 1.54) is 13.1 Å². The largest absolute Gasteiger partial charge is 0.295 e. The van der Waals surface area contributed by atoms with Gasteiger partial charge < -0.3 is 0 Å². The van der Waals surface area contributed by atoms with Crippen molar-refractivity contribution in [1.82, 2.24) is 14.8 Å². The molecule has 7 nitrogen and oxygen atoms in total. The molecule has 3 heterocycles. The standard InChI is InChI=1S/C24H18N4O3/c1-14-20-21-19(12-25-22(20)27(26-14)13-16-6-4-3-5-7-16)23(30)28(24(21)31)18-10-8-17(9-11-18)15(2)29/h3-12H,13H2,1-2H3. The fraction of sp³-hybridized carbons (Fsp3) is 0.125. The minimum Gasteiger partial charge on any atom is -0.295 e. The number of hydrogen-bond donors (Lipinski definition) is 0. The molecule has 1 aliphatic heterocycles. The van der Waals surface area contributed by atoms with Gasteiger partial charge in [-0.05, 0) is 43.7 Å². The fourth-order valence-electron chi connectivity index (χ4n) is 3.97. The molecule has 0 N–H and O–H groups in total. The van der Waals surface area contributed by atoms with Gasteiger partial charge in [-0.2, -0.15) is 5.10 Å². The molecule has 0 spiro atoms. The molecule has 2 aromatic carbocycles. The molecule has 5 rings (SSSR count). The predicted octanol–water partition coefficient (Wildman–Crippen LogP) is 3.79. The van der Waals surface area contributed by atoms with Crippen LogP contribution in [0.25, 0.3) is 11.0 Å². The van der Waals surface area contributed by atoms with E-state index in [-0.39, 0.29) is 11.3 Å². The average molecular weight is 410 g/mol. The maximum absolute atomic E-state index is 13.3. The maximum Gasteiger partial charge on any atom is 0.267 e. The smallest absolute Gasteiger partial charge is 0.267 e. The number of fused-ring (bicyclic) bond motifs is 3. The Kier molecular flexibility index (Phi) is 4.25. The summed E-state index contributed by atoms with van der Waals surface area (Å²) in [5, 5.41) is 5.18. The number of benzene rings is 2. The van der Waals surface area contributed by atoms with Crippen molar-refractivity contribution in [2.45, 2.75) is 20.4 Å². The van der Waals surface area contributed by atoms with E-state index in [1.807, 2.05) is 37.3 Å². The lowest BCUT2D eigenvalue weighted by atomic mass is 10.1. The number of rotatable bonds is 4. The summed E-state index contributed by atoms with van der Waals surface area (Å²) in [5.74, 6) is -0.924. The molecule has 2 amide bonds. The Bertz CT molecular complexity index is 1370.